The molecule has 3 rings (SSSR count). The van der Waals surface area contributed by atoms with Crippen LogP contribution < -0.4 is 0 Å². The fourth-order valence-electron chi connectivity index (χ4n) is 2.72. The third kappa shape index (κ3) is 2.35. The Balaban J connectivity index is 2.06. The zero-order valence-electron chi connectivity index (χ0n) is 11.6. The van der Waals surface area contributed by atoms with E-state index in [1.54, 1.807) is 31.5 Å². The molecule has 0 spiro atoms. The molecule has 1 aliphatic carbocycles. The molecule has 5 nitrogen and oxygen atoms in total. The van der Waals surface area contributed by atoms with Crippen molar-refractivity contribution in [1.82, 2.24) is 9.97 Å². The molecule has 1 saturated carbocycles. The second-order valence-electron chi connectivity index (χ2n) is 5.27. The van der Waals surface area contributed by atoms with E-state index in [2.05, 4.69) is 9.97 Å². The topological polar surface area (TPSA) is 77.0 Å². The number of hydrogen-bond acceptors (Lipinski definition) is 5. The quantitative estimate of drug-likeness (QED) is 0.622. The molecule has 0 saturated heterocycles. The van der Waals surface area contributed by atoms with Gasteiger partial charge in [0.05, 0.1) is 11.7 Å². The summed E-state index contributed by atoms with van der Waals surface area (Å²) in [6, 6.07) is 3.44. The lowest BCUT2D eigenvalue weighted by Crippen LogP contribution is -2.35. The summed E-state index contributed by atoms with van der Waals surface area (Å²) in [5, 5.41) is 0.773. The average molecular weight is 282 g/mol. The molecule has 0 amide bonds. The van der Waals surface area contributed by atoms with E-state index in [1.807, 2.05) is 0 Å². The van der Waals surface area contributed by atoms with Crippen molar-refractivity contribution in [3.63, 3.8) is 0 Å². The number of carbonyl (C=O) groups is 3. The molecular weight excluding hydrogens is 268 g/mol. The molecular formula is C16H14N2O3. The first-order chi connectivity index (χ1) is 10.1. The maximum Gasteiger partial charge on any atom is 0.182 e. The van der Waals surface area contributed by atoms with Gasteiger partial charge in [-0.1, -0.05) is 0 Å². The first-order valence-corrected chi connectivity index (χ1v) is 6.89. The van der Waals surface area contributed by atoms with Gasteiger partial charge in [-0.05, 0) is 25.5 Å². The van der Waals surface area contributed by atoms with Gasteiger partial charge in [0.1, 0.15) is 5.92 Å². The first kappa shape index (κ1) is 13.5. The number of carbonyl (C=O) groups excluding carboxylic acids is 3. The summed E-state index contributed by atoms with van der Waals surface area (Å²) in [6.45, 7) is 1.71. The normalized spacial score (nSPS) is 16.4. The Hall–Kier alpha value is -2.43. The van der Waals surface area contributed by atoms with Gasteiger partial charge in [-0.3, -0.25) is 24.4 Å². The lowest BCUT2D eigenvalue weighted by atomic mass is 9.81. The van der Waals surface area contributed by atoms with Gasteiger partial charge in [0.25, 0.3) is 0 Å². The fourth-order valence-corrected chi connectivity index (χ4v) is 2.72. The van der Waals surface area contributed by atoms with Gasteiger partial charge in [-0.2, -0.15) is 0 Å². The van der Waals surface area contributed by atoms with Gasteiger partial charge >= 0.3 is 0 Å². The number of rotatable bonds is 2. The highest BCUT2D eigenvalue weighted by molar-refractivity contribution is 6.25. The number of Topliss-reactive ketones (excluding diaryl/α,β-unsaturated/α-hetero) is 3. The van der Waals surface area contributed by atoms with E-state index in [4.69, 9.17) is 0 Å². The van der Waals surface area contributed by atoms with E-state index in [1.165, 1.54) is 0 Å². The van der Waals surface area contributed by atoms with Crippen LogP contribution in [0.2, 0.25) is 0 Å². The maximum atomic E-state index is 12.6. The first-order valence-electron chi connectivity index (χ1n) is 6.89. The Bertz CT molecular complexity index is 751. The van der Waals surface area contributed by atoms with Crippen molar-refractivity contribution in [2.24, 2.45) is 5.92 Å². The molecule has 2 aromatic rings. The molecule has 1 fully saturated rings. The van der Waals surface area contributed by atoms with Gasteiger partial charge in [-0.15, -0.1) is 0 Å². The second-order valence-corrected chi connectivity index (χ2v) is 5.27. The minimum absolute atomic E-state index is 0.273. The summed E-state index contributed by atoms with van der Waals surface area (Å²) < 4.78 is 0. The number of ketones is 3. The van der Waals surface area contributed by atoms with Gasteiger partial charge < -0.3 is 0 Å². The van der Waals surface area contributed by atoms with E-state index in [0.29, 0.717) is 36.0 Å². The van der Waals surface area contributed by atoms with Gasteiger partial charge in [0.2, 0.25) is 0 Å². The van der Waals surface area contributed by atoms with Crippen LogP contribution in [0.1, 0.15) is 35.3 Å². The zero-order valence-corrected chi connectivity index (χ0v) is 11.6. The van der Waals surface area contributed by atoms with E-state index in [-0.39, 0.29) is 11.6 Å². The monoisotopic (exact) mass is 282 g/mol. The Kier molecular flexibility index (Phi) is 3.33. The van der Waals surface area contributed by atoms with Gasteiger partial charge in [-0.25, -0.2) is 0 Å². The van der Waals surface area contributed by atoms with Crippen LogP contribution in [0.4, 0.5) is 0 Å². The molecule has 2 heterocycles. The minimum Gasteiger partial charge on any atom is -0.298 e. The van der Waals surface area contributed by atoms with Crippen molar-refractivity contribution in [2.45, 2.75) is 26.2 Å². The van der Waals surface area contributed by atoms with Crippen molar-refractivity contribution in [3.05, 3.63) is 35.8 Å². The molecule has 0 N–H and O–H groups in total. The summed E-state index contributed by atoms with van der Waals surface area (Å²) >= 11 is 0. The van der Waals surface area contributed by atoms with E-state index < -0.39 is 11.7 Å². The smallest absolute Gasteiger partial charge is 0.182 e. The standard InChI is InChI=1S/C16H14N2O3/c1-9-11(7-10-5-6-17-8-12(10)18-9)16(21)15-13(19)3-2-4-14(15)20/h5-8,15H,2-4H2,1H3. The molecule has 5 heteroatoms. The Morgan fingerprint density at radius 1 is 1.24 bits per heavy atom. The molecule has 0 radical (unpaired) electrons. The number of nitrogens with zero attached hydrogens (tertiary/aromatic N) is 2. The van der Waals surface area contributed by atoms with Crippen molar-refractivity contribution in [2.75, 3.05) is 0 Å². The molecule has 2 aromatic heterocycles. The van der Waals surface area contributed by atoms with Crippen LogP contribution >= 0.6 is 0 Å². The van der Waals surface area contributed by atoms with E-state index >= 15 is 0 Å². The highest BCUT2D eigenvalue weighted by Gasteiger charge is 2.37. The molecule has 0 bridgehead atoms. The molecule has 0 atom stereocenters. The molecule has 0 unspecified atom stereocenters. The number of hydrogen-bond donors (Lipinski definition) is 0. The minimum atomic E-state index is -1.14. The van der Waals surface area contributed by atoms with Crippen LogP contribution in [0.25, 0.3) is 10.9 Å². The van der Waals surface area contributed by atoms with Crippen LogP contribution in [-0.4, -0.2) is 27.3 Å². The maximum absolute atomic E-state index is 12.6. The van der Waals surface area contributed by atoms with Crippen molar-refractivity contribution >= 4 is 28.3 Å². The SMILES string of the molecule is Cc1nc2cnccc2cc1C(=O)C1C(=O)CCCC1=O. The van der Waals surface area contributed by atoms with Crippen LogP contribution in [0.5, 0.6) is 0 Å². The number of aryl methyl sites for hydroxylation is 1. The molecule has 0 aromatic carbocycles. The highest BCUT2D eigenvalue weighted by atomic mass is 16.2. The summed E-state index contributed by atoms with van der Waals surface area (Å²) in [7, 11) is 0. The van der Waals surface area contributed by atoms with E-state index in [0.717, 1.165) is 5.39 Å². The summed E-state index contributed by atoms with van der Waals surface area (Å²) in [6.07, 6.45) is 4.37. The van der Waals surface area contributed by atoms with Crippen LogP contribution in [0.15, 0.2) is 24.5 Å². The summed E-state index contributed by atoms with van der Waals surface area (Å²) in [5.74, 6) is -2.11. The predicted molar refractivity (Wildman–Crippen MR) is 76.0 cm³/mol. The van der Waals surface area contributed by atoms with Crippen LogP contribution in [-0.2, 0) is 9.59 Å². The fraction of sp³-hybridized carbons (Fsp3) is 0.312. The largest absolute Gasteiger partial charge is 0.298 e. The lowest BCUT2D eigenvalue weighted by Gasteiger charge is -2.19. The zero-order chi connectivity index (χ0) is 15.0. The average Bonchev–Trinajstić information content (AvgIpc) is 2.46. The van der Waals surface area contributed by atoms with Crippen molar-refractivity contribution in [1.29, 1.82) is 0 Å². The Morgan fingerprint density at radius 3 is 2.67 bits per heavy atom. The number of fused-ring (bicyclic) bond motifs is 1. The molecule has 21 heavy (non-hydrogen) atoms. The van der Waals surface area contributed by atoms with Crippen LogP contribution in [0, 0.1) is 12.8 Å². The molecule has 106 valence electrons. The molecule has 0 aliphatic heterocycles. The third-order valence-electron chi connectivity index (χ3n) is 3.83. The molecule has 1 aliphatic rings. The highest BCUT2D eigenvalue weighted by Crippen LogP contribution is 2.24. The predicted octanol–water partition coefficient (Wildman–Crippen LogP) is 2.06. The number of aromatic nitrogens is 2. The second kappa shape index (κ2) is 5.16. The number of pyridine rings is 2. The lowest BCUT2D eigenvalue weighted by molar-refractivity contribution is -0.133. The van der Waals surface area contributed by atoms with E-state index in [9.17, 15) is 14.4 Å². The Labute approximate surface area is 121 Å². The summed E-state index contributed by atoms with van der Waals surface area (Å²) in [4.78, 5) is 44.8. The van der Waals surface area contributed by atoms with Crippen LogP contribution in [0.3, 0.4) is 0 Å². The third-order valence-corrected chi connectivity index (χ3v) is 3.83. The van der Waals surface area contributed by atoms with Crippen molar-refractivity contribution in [3.8, 4) is 0 Å². The van der Waals surface area contributed by atoms with Crippen molar-refractivity contribution < 1.29 is 14.4 Å². The Morgan fingerprint density at radius 2 is 1.95 bits per heavy atom. The van der Waals surface area contributed by atoms with Gasteiger partial charge in [0, 0.05) is 35.7 Å². The summed E-state index contributed by atoms with van der Waals surface area (Å²) in [5.41, 5.74) is 1.56. The van der Waals surface area contributed by atoms with Gasteiger partial charge in [0.15, 0.2) is 17.3 Å².